The van der Waals surface area contributed by atoms with Gasteiger partial charge in [0.1, 0.15) is 0 Å². The van der Waals surface area contributed by atoms with Crippen LogP contribution in [0.2, 0.25) is 0 Å². The molecule has 1 aromatic heterocycles. The van der Waals surface area contributed by atoms with Crippen LogP contribution in [0.15, 0.2) is 41.3 Å². The first-order chi connectivity index (χ1) is 8.74. The Balaban J connectivity index is 2.37. The van der Waals surface area contributed by atoms with E-state index in [1.165, 1.54) is 14.2 Å². The molecule has 0 unspecified atom stereocenters. The van der Waals surface area contributed by atoms with Crippen LogP contribution < -0.4 is 14.9 Å². The number of hydrogen-bond donors (Lipinski definition) is 0. The molecule has 2 rings (SSSR count). The van der Waals surface area contributed by atoms with Crippen molar-refractivity contribution in [3.8, 4) is 11.6 Å². The van der Waals surface area contributed by atoms with Crippen LogP contribution in [0.1, 0.15) is 5.56 Å². The maximum absolute atomic E-state index is 11.7. The van der Waals surface area contributed by atoms with Gasteiger partial charge in [-0.15, -0.1) is 5.10 Å². The molecule has 5 heteroatoms. The number of rotatable bonds is 4. The summed E-state index contributed by atoms with van der Waals surface area (Å²) in [5, 5.41) is 4.10. The average molecular weight is 246 g/mol. The molecule has 0 saturated heterocycles. The third-order valence-corrected chi connectivity index (χ3v) is 2.50. The van der Waals surface area contributed by atoms with Gasteiger partial charge in [0.15, 0.2) is 5.75 Å². The van der Waals surface area contributed by atoms with E-state index >= 15 is 0 Å². The molecular weight excluding hydrogens is 232 g/mol. The van der Waals surface area contributed by atoms with Crippen molar-refractivity contribution < 1.29 is 9.47 Å². The van der Waals surface area contributed by atoms with Gasteiger partial charge in [-0.1, -0.05) is 30.3 Å². The van der Waals surface area contributed by atoms with Gasteiger partial charge in [0, 0.05) is 0 Å². The highest BCUT2D eigenvalue weighted by molar-refractivity contribution is 5.24. The Labute approximate surface area is 105 Å². The molecule has 0 aliphatic heterocycles. The zero-order chi connectivity index (χ0) is 13.0. The fraction of sp³-hybridized carbons (Fsp3) is 0.231. The molecule has 0 aliphatic carbocycles. The first kappa shape index (κ1) is 12.2. The van der Waals surface area contributed by atoms with E-state index < -0.39 is 0 Å². The van der Waals surface area contributed by atoms with Gasteiger partial charge in [-0.3, -0.25) is 9.48 Å². The molecule has 1 aromatic carbocycles. The second-order valence-corrected chi connectivity index (χ2v) is 3.72. The Morgan fingerprint density at radius 2 is 1.89 bits per heavy atom. The highest BCUT2D eigenvalue weighted by atomic mass is 16.5. The van der Waals surface area contributed by atoms with E-state index in [4.69, 9.17) is 9.47 Å². The quantitative estimate of drug-likeness (QED) is 0.816. The minimum atomic E-state index is -0.343. The van der Waals surface area contributed by atoms with E-state index in [2.05, 4.69) is 5.10 Å². The van der Waals surface area contributed by atoms with Crippen LogP contribution in [0.3, 0.4) is 0 Å². The smallest absolute Gasteiger partial charge is 0.285 e. The minimum Gasteiger partial charge on any atom is -0.491 e. The Kier molecular flexibility index (Phi) is 3.62. The van der Waals surface area contributed by atoms with Gasteiger partial charge in [-0.05, 0) is 5.56 Å². The van der Waals surface area contributed by atoms with Crippen LogP contribution in [0.25, 0.3) is 0 Å². The largest absolute Gasteiger partial charge is 0.491 e. The Morgan fingerprint density at radius 3 is 2.50 bits per heavy atom. The van der Waals surface area contributed by atoms with Gasteiger partial charge in [0.2, 0.25) is 0 Å². The molecule has 18 heavy (non-hydrogen) atoms. The van der Waals surface area contributed by atoms with Crippen LogP contribution >= 0.6 is 0 Å². The van der Waals surface area contributed by atoms with E-state index in [0.717, 1.165) is 5.56 Å². The molecule has 0 N–H and O–H groups in total. The molecule has 0 spiro atoms. The van der Waals surface area contributed by atoms with Crippen molar-refractivity contribution in [2.75, 3.05) is 14.2 Å². The lowest BCUT2D eigenvalue weighted by molar-refractivity contribution is 0.355. The number of ether oxygens (including phenoxy) is 2. The van der Waals surface area contributed by atoms with E-state index in [1.54, 1.807) is 10.9 Å². The second-order valence-electron chi connectivity index (χ2n) is 3.72. The van der Waals surface area contributed by atoms with Crippen LogP contribution in [0.4, 0.5) is 0 Å². The van der Waals surface area contributed by atoms with Gasteiger partial charge in [-0.25, -0.2) is 0 Å². The molecule has 0 fully saturated rings. The number of nitrogens with zero attached hydrogens (tertiary/aromatic N) is 2. The minimum absolute atomic E-state index is 0.0327. The van der Waals surface area contributed by atoms with Gasteiger partial charge < -0.3 is 9.47 Å². The highest BCUT2D eigenvalue weighted by Crippen LogP contribution is 2.09. The highest BCUT2D eigenvalue weighted by Gasteiger charge is 2.10. The van der Waals surface area contributed by atoms with Crippen molar-refractivity contribution in [2.45, 2.75) is 6.54 Å². The number of aromatic nitrogens is 2. The summed E-state index contributed by atoms with van der Waals surface area (Å²) in [6.07, 6.45) is 1.57. The summed E-state index contributed by atoms with van der Waals surface area (Å²) in [4.78, 5) is 11.7. The molecule has 2 aromatic rings. The first-order valence-corrected chi connectivity index (χ1v) is 5.48. The van der Waals surface area contributed by atoms with Crippen LogP contribution in [0, 0.1) is 0 Å². The van der Waals surface area contributed by atoms with Gasteiger partial charge in [-0.2, -0.15) is 0 Å². The molecule has 0 aliphatic rings. The third-order valence-electron chi connectivity index (χ3n) is 2.50. The maximum Gasteiger partial charge on any atom is 0.285 e. The lowest BCUT2D eigenvalue weighted by atomic mass is 10.2. The summed E-state index contributed by atoms with van der Waals surface area (Å²) in [6.45, 7) is 0.549. The van der Waals surface area contributed by atoms with E-state index in [9.17, 15) is 4.79 Å². The maximum atomic E-state index is 11.7. The number of hydrogen-bond acceptors (Lipinski definition) is 4. The van der Waals surface area contributed by atoms with Gasteiger partial charge in [0.05, 0.1) is 27.0 Å². The van der Waals surface area contributed by atoms with Crippen molar-refractivity contribution >= 4 is 0 Å². The molecule has 0 saturated carbocycles. The molecule has 0 atom stereocenters. The van der Waals surface area contributed by atoms with E-state index in [-0.39, 0.29) is 17.1 Å². The molecule has 0 radical (unpaired) electrons. The fourth-order valence-corrected chi connectivity index (χ4v) is 1.62. The van der Waals surface area contributed by atoms with Crippen LogP contribution in [-0.2, 0) is 6.54 Å². The van der Waals surface area contributed by atoms with Crippen LogP contribution in [-0.4, -0.2) is 24.0 Å². The normalized spacial score (nSPS) is 10.1. The molecular formula is C13H14N2O3. The second kappa shape index (κ2) is 5.35. The molecule has 5 nitrogen and oxygen atoms in total. The summed E-state index contributed by atoms with van der Waals surface area (Å²) in [5.74, 6) is 0.253. The summed E-state index contributed by atoms with van der Waals surface area (Å²) < 4.78 is 11.6. The zero-order valence-electron chi connectivity index (χ0n) is 10.3. The van der Waals surface area contributed by atoms with Crippen molar-refractivity contribution in [1.82, 2.24) is 9.78 Å². The average Bonchev–Trinajstić information content (AvgIpc) is 2.41. The van der Waals surface area contributed by atoms with Crippen molar-refractivity contribution in [3.05, 3.63) is 52.3 Å². The predicted molar refractivity (Wildman–Crippen MR) is 67.1 cm³/mol. The zero-order valence-corrected chi connectivity index (χ0v) is 10.3. The monoisotopic (exact) mass is 246 g/mol. The first-order valence-electron chi connectivity index (χ1n) is 5.48. The van der Waals surface area contributed by atoms with Crippen molar-refractivity contribution in [3.63, 3.8) is 0 Å². The predicted octanol–water partition coefficient (Wildman–Crippen LogP) is 1.31. The Hall–Kier alpha value is -2.30. The molecule has 0 bridgehead atoms. The lowest BCUT2D eigenvalue weighted by Crippen LogP contribution is -2.17. The Morgan fingerprint density at radius 1 is 1.17 bits per heavy atom. The Bertz CT molecular complexity index is 550. The lowest BCUT2D eigenvalue weighted by Gasteiger charge is -2.09. The summed E-state index contributed by atoms with van der Waals surface area (Å²) in [5.41, 5.74) is 0.738. The van der Waals surface area contributed by atoms with Gasteiger partial charge >= 0.3 is 0 Å². The van der Waals surface area contributed by atoms with Gasteiger partial charge in [0.25, 0.3) is 11.3 Å². The fourth-order valence-electron chi connectivity index (χ4n) is 1.62. The number of benzene rings is 1. The molecule has 1 heterocycles. The van der Waals surface area contributed by atoms with Crippen LogP contribution in [0.5, 0.6) is 11.6 Å². The molecule has 94 valence electrons. The SMILES string of the molecule is COc1cn(Cc2ccccc2)nc(OC)c1=O. The summed E-state index contributed by atoms with van der Waals surface area (Å²) in [6, 6.07) is 9.82. The molecule has 0 amide bonds. The topological polar surface area (TPSA) is 53.4 Å². The third kappa shape index (κ3) is 2.51. The number of methoxy groups -OCH3 is 2. The van der Waals surface area contributed by atoms with E-state index in [0.29, 0.717) is 6.54 Å². The van der Waals surface area contributed by atoms with Crippen molar-refractivity contribution in [1.29, 1.82) is 0 Å². The van der Waals surface area contributed by atoms with E-state index in [1.807, 2.05) is 30.3 Å². The standard InChI is InChI=1S/C13H14N2O3/c1-17-11-9-15(14-13(18-2)12(11)16)8-10-6-4-3-5-7-10/h3-7,9H,8H2,1-2H3. The summed E-state index contributed by atoms with van der Waals surface area (Å²) >= 11 is 0. The van der Waals surface area contributed by atoms with Crippen molar-refractivity contribution in [2.24, 2.45) is 0 Å². The summed E-state index contributed by atoms with van der Waals surface area (Å²) in [7, 11) is 2.86.